The van der Waals surface area contributed by atoms with Crippen LogP contribution >= 0.6 is 0 Å². The van der Waals surface area contributed by atoms with Crippen LogP contribution in [0.1, 0.15) is 44.2 Å². The smallest absolute Gasteiger partial charge is 0.326 e. The number of carboxylic acid groups (broad SMARTS) is 1. The first kappa shape index (κ1) is 28.8. The van der Waals surface area contributed by atoms with E-state index < -0.39 is 42.0 Å². The van der Waals surface area contributed by atoms with Crippen LogP contribution < -0.4 is 16.4 Å². The predicted octanol–water partition coefficient (Wildman–Crippen LogP) is 1.89. The average Bonchev–Trinajstić information content (AvgIpc) is 3.38. The van der Waals surface area contributed by atoms with Gasteiger partial charge in [-0.2, -0.15) is 0 Å². The van der Waals surface area contributed by atoms with Gasteiger partial charge < -0.3 is 26.4 Å². The monoisotopic (exact) mass is 522 g/mol. The molecule has 38 heavy (non-hydrogen) atoms. The molecule has 9 nitrogen and oxygen atoms in total. The highest BCUT2D eigenvalue weighted by atomic mass is 16.4. The van der Waals surface area contributed by atoms with E-state index in [-0.39, 0.29) is 24.7 Å². The Hall–Kier alpha value is -3.72. The zero-order chi connectivity index (χ0) is 27.7. The van der Waals surface area contributed by atoms with Crippen molar-refractivity contribution in [3.8, 4) is 0 Å². The number of nitrogens with two attached hydrogens (primary N) is 1. The average molecular weight is 523 g/mol. The van der Waals surface area contributed by atoms with Gasteiger partial charge in [0.15, 0.2) is 0 Å². The lowest BCUT2D eigenvalue weighted by molar-refractivity contribution is -0.143. The Labute approximate surface area is 223 Å². The summed E-state index contributed by atoms with van der Waals surface area (Å²) in [4.78, 5) is 53.0. The predicted molar refractivity (Wildman–Crippen MR) is 144 cm³/mol. The summed E-state index contributed by atoms with van der Waals surface area (Å²) < 4.78 is 0. The maximum Gasteiger partial charge on any atom is 0.326 e. The van der Waals surface area contributed by atoms with Crippen LogP contribution in [0, 0.1) is 5.92 Å². The Kier molecular flexibility index (Phi) is 10.4. The normalized spacial score (nSPS) is 17.5. The van der Waals surface area contributed by atoms with Crippen molar-refractivity contribution in [1.82, 2.24) is 15.5 Å². The molecular weight excluding hydrogens is 484 g/mol. The van der Waals surface area contributed by atoms with Gasteiger partial charge in [0.2, 0.25) is 17.7 Å². The van der Waals surface area contributed by atoms with E-state index in [0.29, 0.717) is 25.8 Å². The molecule has 4 unspecified atom stereocenters. The number of benzene rings is 2. The standard InChI is InChI=1S/C29H38N4O5/c1-19(2)16-24(29(37)38)32-26(34)23(18-21-12-7-4-8-13-21)31-27(35)25-14-9-15-33(25)28(36)22(30)17-20-10-5-3-6-11-20/h3-8,10-13,19,22-25H,9,14-18,30H2,1-2H3,(H,31,35)(H,32,34)(H,37,38). The van der Waals surface area contributed by atoms with E-state index in [1.165, 1.54) is 4.90 Å². The maximum absolute atomic E-state index is 13.4. The van der Waals surface area contributed by atoms with Crippen molar-refractivity contribution in [2.24, 2.45) is 11.7 Å². The summed E-state index contributed by atoms with van der Waals surface area (Å²) in [7, 11) is 0. The molecule has 5 N–H and O–H groups in total. The van der Waals surface area contributed by atoms with Gasteiger partial charge in [-0.25, -0.2) is 4.79 Å². The Morgan fingerprint density at radius 2 is 1.50 bits per heavy atom. The van der Waals surface area contributed by atoms with Gasteiger partial charge in [0, 0.05) is 13.0 Å². The van der Waals surface area contributed by atoms with E-state index in [4.69, 9.17) is 5.73 Å². The summed E-state index contributed by atoms with van der Waals surface area (Å²) in [6.07, 6.45) is 1.90. The number of carbonyl (C=O) groups excluding carboxylic acids is 3. The third kappa shape index (κ3) is 8.14. The molecule has 0 radical (unpaired) electrons. The molecule has 0 saturated carbocycles. The number of likely N-dealkylation sites (tertiary alicyclic amines) is 1. The SMILES string of the molecule is CC(C)CC(NC(=O)C(Cc1ccccc1)NC(=O)C1CCCN1C(=O)C(N)Cc1ccccc1)C(=O)O. The van der Waals surface area contributed by atoms with E-state index >= 15 is 0 Å². The van der Waals surface area contributed by atoms with E-state index in [2.05, 4.69) is 10.6 Å². The number of rotatable bonds is 12. The number of nitrogens with one attached hydrogen (secondary N) is 2. The molecule has 1 heterocycles. The first-order valence-electron chi connectivity index (χ1n) is 13.1. The lowest BCUT2D eigenvalue weighted by Crippen LogP contribution is -2.57. The van der Waals surface area contributed by atoms with Crippen LogP contribution in [0.15, 0.2) is 60.7 Å². The van der Waals surface area contributed by atoms with Crippen LogP contribution in [-0.2, 0) is 32.0 Å². The van der Waals surface area contributed by atoms with Crippen LogP contribution in [0.4, 0.5) is 0 Å². The molecule has 1 fully saturated rings. The molecule has 1 saturated heterocycles. The Morgan fingerprint density at radius 1 is 0.921 bits per heavy atom. The summed E-state index contributed by atoms with van der Waals surface area (Å²) >= 11 is 0. The fourth-order valence-corrected chi connectivity index (χ4v) is 4.76. The lowest BCUT2D eigenvalue weighted by Gasteiger charge is -2.29. The van der Waals surface area contributed by atoms with Crippen LogP contribution in [0.25, 0.3) is 0 Å². The molecule has 0 aromatic heterocycles. The van der Waals surface area contributed by atoms with Crippen LogP contribution in [0.3, 0.4) is 0 Å². The highest BCUT2D eigenvalue weighted by Crippen LogP contribution is 2.20. The van der Waals surface area contributed by atoms with Crippen molar-refractivity contribution in [2.45, 2.75) is 70.1 Å². The molecule has 0 bridgehead atoms. The zero-order valence-electron chi connectivity index (χ0n) is 22.0. The third-order valence-corrected chi connectivity index (χ3v) is 6.69. The quantitative estimate of drug-likeness (QED) is 0.335. The van der Waals surface area contributed by atoms with Crippen molar-refractivity contribution in [3.05, 3.63) is 71.8 Å². The molecule has 3 rings (SSSR count). The van der Waals surface area contributed by atoms with Gasteiger partial charge in [-0.1, -0.05) is 74.5 Å². The molecule has 4 atom stereocenters. The van der Waals surface area contributed by atoms with Gasteiger partial charge in [0.1, 0.15) is 18.1 Å². The maximum atomic E-state index is 13.4. The fraction of sp³-hybridized carbons (Fsp3) is 0.448. The third-order valence-electron chi connectivity index (χ3n) is 6.69. The van der Waals surface area contributed by atoms with Crippen molar-refractivity contribution >= 4 is 23.7 Å². The minimum atomic E-state index is -1.13. The van der Waals surface area contributed by atoms with Gasteiger partial charge in [-0.05, 0) is 42.7 Å². The Morgan fingerprint density at radius 3 is 2.05 bits per heavy atom. The first-order chi connectivity index (χ1) is 18.2. The molecule has 0 aliphatic carbocycles. The summed E-state index contributed by atoms with van der Waals surface area (Å²) in [5, 5.41) is 15.0. The topological polar surface area (TPSA) is 142 Å². The molecule has 3 amide bonds. The van der Waals surface area contributed by atoms with Crippen LogP contribution in [-0.4, -0.2) is 64.4 Å². The van der Waals surface area contributed by atoms with Crippen molar-refractivity contribution in [2.75, 3.05) is 6.54 Å². The van der Waals surface area contributed by atoms with E-state index in [9.17, 15) is 24.3 Å². The summed E-state index contributed by atoms with van der Waals surface area (Å²) in [6.45, 7) is 4.16. The number of hydrogen-bond donors (Lipinski definition) is 4. The number of aliphatic carboxylic acids is 1. The van der Waals surface area contributed by atoms with Crippen molar-refractivity contribution < 1.29 is 24.3 Å². The number of carboxylic acids is 1. The van der Waals surface area contributed by atoms with E-state index in [1.807, 2.05) is 74.5 Å². The molecule has 0 spiro atoms. The van der Waals surface area contributed by atoms with Gasteiger partial charge in [0.05, 0.1) is 6.04 Å². The minimum Gasteiger partial charge on any atom is -0.480 e. The molecule has 9 heteroatoms. The zero-order valence-corrected chi connectivity index (χ0v) is 22.0. The number of carbonyl (C=O) groups is 4. The lowest BCUT2D eigenvalue weighted by atomic mass is 10.0. The highest BCUT2D eigenvalue weighted by Gasteiger charge is 2.38. The molecule has 1 aliphatic heterocycles. The second-order valence-corrected chi connectivity index (χ2v) is 10.3. The van der Waals surface area contributed by atoms with Gasteiger partial charge >= 0.3 is 5.97 Å². The van der Waals surface area contributed by atoms with E-state index in [0.717, 1.165) is 11.1 Å². The number of nitrogens with zero attached hydrogens (tertiary/aromatic N) is 1. The second kappa shape index (κ2) is 13.7. The highest BCUT2D eigenvalue weighted by molar-refractivity contribution is 5.94. The summed E-state index contributed by atoms with van der Waals surface area (Å²) in [5.74, 6) is -2.41. The molecule has 2 aromatic rings. The van der Waals surface area contributed by atoms with Crippen molar-refractivity contribution in [3.63, 3.8) is 0 Å². The van der Waals surface area contributed by atoms with Crippen LogP contribution in [0.5, 0.6) is 0 Å². The summed E-state index contributed by atoms with van der Waals surface area (Å²) in [6, 6.07) is 15.0. The molecule has 2 aromatic carbocycles. The van der Waals surface area contributed by atoms with Gasteiger partial charge in [-0.3, -0.25) is 14.4 Å². The molecule has 204 valence electrons. The first-order valence-corrected chi connectivity index (χ1v) is 13.1. The van der Waals surface area contributed by atoms with Crippen molar-refractivity contribution in [1.29, 1.82) is 0 Å². The second-order valence-electron chi connectivity index (χ2n) is 10.3. The number of amides is 3. The van der Waals surface area contributed by atoms with Gasteiger partial charge in [-0.15, -0.1) is 0 Å². The summed E-state index contributed by atoms with van der Waals surface area (Å²) in [5.41, 5.74) is 7.97. The Balaban J connectivity index is 1.73. The fourth-order valence-electron chi connectivity index (χ4n) is 4.76. The molecular formula is C29H38N4O5. The largest absolute Gasteiger partial charge is 0.480 e. The van der Waals surface area contributed by atoms with E-state index in [1.54, 1.807) is 0 Å². The van der Waals surface area contributed by atoms with Gasteiger partial charge in [0.25, 0.3) is 0 Å². The van der Waals surface area contributed by atoms with Crippen LogP contribution in [0.2, 0.25) is 0 Å². The molecule has 1 aliphatic rings. The Bertz CT molecular complexity index is 1090. The minimum absolute atomic E-state index is 0.0525. The number of hydrogen-bond acceptors (Lipinski definition) is 5.